The third-order valence-corrected chi connectivity index (χ3v) is 5.59. The monoisotopic (exact) mass is 442 g/mol. The molecule has 2 aromatic carbocycles. The number of aromatic carboxylic acids is 1. The first kappa shape index (κ1) is 22.4. The van der Waals surface area contributed by atoms with Crippen LogP contribution in [-0.4, -0.2) is 28.0 Å². The molecule has 7 nitrogen and oxygen atoms in total. The fourth-order valence-electron chi connectivity index (χ4n) is 3.96. The summed E-state index contributed by atoms with van der Waals surface area (Å²) in [6.07, 6.45) is 8.95. The number of nitrogens with two attached hydrogens (primary N) is 1. The number of aromatic nitrogens is 2. The molecule has 0 amide bonds. The summed E-state index contributed by atoms with van der Waals surface area (Å²) in [4.78, 5) is 15.8. The van der Waals surface area contributed by atoms with Crippen LogP contribution in [0.2, 0.25) is 0 Å². The molecule has 3 N–H and O–H groups in total. The molecule has 4 rings (SSSR count). The Morgan fingerprint density at radius 2 is 2.00 bits per heavy atom. The van der Waals surface area contributed by atoms with Gasteiger partial charge in [-0.15, -0.1) is 10.2 Å². The zero-order valence-electron chi connectivity index (χ0n) is 18.5. The number of rotatable bonds is 8. The summed E-state index contributed by atoms with van der Waals surface area (Å²) in [5.74, 6) is -0.522. The van der Waals surface area contributed by atoms with Crippen molar-refractivity contribution in [3.8, 4) is 22.6 Å². The Bertz CT molecular complexity index is 1250. The van der Waals surface area contributed by atoms with Gasteiger partial charge in [-0.05, 0) is 73.4 Å². The molecular weight excluding hydrogens is 416 g/mol. The van der Waals surface area contributed by atoms with Crippen LogP contribution < -0.4 is 5.73 Å². The maximum absolute atomic E-state index is 11.8. The van der Waals surface area contributed by atoms with Crippen LogP contribution >= 0.6 is 0 Å². The van der Waals surface area contributed by atoms with E-state index in [0.29, 0.717) is 24.4 Å². The van der Waals surface area contributed by atoms with Gasteiger partial charge in [-0.3, -0.25) is 4.99 Å². The molecule has 1 aliphatic rings. The number of carbonyl (C=O) groups is 1. The Labute approximate surface area is 192 Å². The van der Waals surface area contributed by atoms with Crippen LogP contribution in [0.25, 0.3) is 22.6 Å². The van der Waals surface area contributed by atoms with Gasteiger partial charge >= 0.3 is 5.97 Å². The van der Waals surface area contributed by atoms with Crippen molar-refractivity contribution in [2.75, 3.05) is 0 Å². The number of hydrogen-bond donors (Lipinski definition) is 2. The fourth-order valence-corrected chi connectivity index (χ4v) is 3.96. The van der Waals surface area contributed by atoms with Crippen LogP contribution in [0.5, 0.6) is 0 Å². The smallest absolute Gasteiger partial charge is 0.335 e. The van der Waals surface area contributed by atoms with Gasteiger partial charge in [0.25, 0.3) is 0 Å². The highest BCUT2D eigenvalue weighted by Crippen LogP contribution is 2.33. The largest absolute Gasteiger partial charge is 0.478 e. The first-order valence-electron chi connectivity index (χ1n) is 10.8. The highest BCUT2D eigenvalue weighted by Gasteiger charge is 2.29. The first-order chi connectivity index (χ1) is 15.9. The van der Waals surface area contributed by atoms with Crippen LogP contribution in [0.1, 0.15) is 48.0 Å². The van der Waals surface area contributed by atoms with E-state index in [1.54, 1.807) is 6.07 Å². The van der Waals surface area contributed by atoms with Gasteiger partial charge in [0.05, 0.1) is 17.6 Å². The topological polar surface area (TPSA) is 115 Å². The van der Waals surface area contributed by atoms with Gasteiger partial charge in [0, 0.05) is 5.56 Å². The minimum atomic E-state index is -1.04. The predicted molar refractivity (Wildman–Crippen MR) is 128 cm³/mol. The van der Waals surface area contributed by atoms with Gasteiger partial charge in [0.1, 0.15) is 0 Å². The summed E-state index contributed by atoms with van der Waals surface area (Å²) in [6.45, 7) is 5.84. The summed E-state index contributed by atoms with van der Waals surface area (Å²) in [6, 6.07) is 12.7. The summed E-state index contributed by atoms with van der Waals surface area (Å²) in [5.41, 5.74) is 9.97. The lowest BCUT2D eigenvalue weighted by atomic mass is 9.91. The van der Waals surface area contributed by atoms with Gasteiger partial charge in [0.2, 0.25) is 11.8 Å². The number of carboxylic acid groups (broad SMARTS) is 1. The van der Waals surface area contributed by atoms with Crippen molar-refractivity contribution in [2.24, 2.45) is 10.7 Å². The summed E-state index contributed by atoms with van der Waals surface area (Å²) < 4.78 is 5.96. The molecule has 0 bridgehead atoms. The molecule has 0 radical (unpaired) electrons. The van der Waals surface area contributed by atoms with E-state index in [-0.39, 0.29) is 11.5 Å². The molecule has 0 saturated carbocycles. The molecule has 0 fully saturated rings. The zero-order chi connectivity index (χ0) is 23.4. The fraction of sp³-hybridized carbons (Fsp3) is 0.231. The average molecular weight is 443 g/mol. The Kier molecular flexibility index (Phi) is 6.33. The molecule has 33 heavy (non-hydrogen) atoms. The molecule has 0 saturated heterocycles. The summed E-state index contributed by atoms with van der Waals surface area (Å²) in [5, 5.41) is 18.1. The van der Waals surface area contributed by atoms with Gasteiger partial charge in [-0.2, -0.15) is 0 Å². The van der Waals surface area contributed by atoms with Gasteiger partial charge in [-0.25, -0.2) is 4.79 Å². The van der Waals surface area contributed by atoms with E-state index >= 15 is 0 Å². The molecule has 1 atom stereocenters. The van der Waals surface area contributed by atoms with Crippen molar-refractivity contribution in [3.05, 3.63) is 83.3 Å². The summed E-state index contributed by atoms with van der Waals surface area (Å²) in [7, 11) is 0. The lowest BCUT2D eigenvalue weighted by molar-refractivity contribution is 0.0697. The molecule has 1 aliphatic carbocycles. The standard InChI is InChI=1S/C26H26N4O3/c1-26(27,15-17-8-4-3-5-9-17)25-30-29-23(33-25)20-12-19(13-21(14-20)24(31)32)22-11-7-6-10-18(22)16-28-2/h4,6-14H,2-3,5,15-16,27H2,1H3,(H,31,32)/t26-/m1/s1. The highest BCUT2D eigenvalue weighted by molar-refractivity contribution is 5.91. The molecule has 1 heterocycles. The zero-order valence-corrected chi connectivity index (χ0v) is 18.5. The van der Waals surface area contributed by atoms with Crippen molar-refractivity contribution < 1.29 is 14.3 Å². The average Bonchev–Trinajstić information content (AvgIpc) is 3.31. The van der Waals surface area contributed by atoms with Crippen LogP contribution in [0.15, 0.2) is 75.7 Å². The number of nitrogens with zero attached hydrogens (tertiary/aromatic N) is 3. The van der Waals surface area contributed by atoms with Gasteiger partial charge < -0.3 is 15.3 Å². The third kappa shape index (κ3) is 4.99. The maximum Gasteiger partial charge on any atom is 0.335 e. The maximum atomic E-state index is 11.8. The predicted octanol–water partition coefficient (Wildman–Crippen LogP) is 5.14. The quantitative estimate of drug-likeness (QED) is 0.467. The van der Waals surface area contributed by atoms with E-state index in [0.717, 1.165) is 35.1 Å². The second-order valence-electron chi connectivity index (χ2n) is 8.41. The first-order valence-corrected chi connectivity index (χ1v) is 10.8. The molecule has 168 valence electrons. The van der Waals surface area contributed by atoms with Crippen LogP contribution in [0.3, 0.4) is 0 Å². The molecule has 1 aromatic heterocycles. The highest BCUT2D eigenvalue weighted by atomic mass is 16.4. The molecular formula is C26H26N4O3. The Hall–Kier alpha value is -3.84. The van der Waals surface area contributed by atoms with Crippen molar-refractivity contribution in [1.29, 1.82) is 0 Å². The lowest BCUT2D eigenvalue weighted by Gasteiger charge is -2.21. The third-order valence-electron chi connectivity index (χ3n) is 5.59. The van der Waals surface area contributed by atoms with Crippen LogP contribution in [0, 0.1) is 0 Å². The molecule has 0 aliphatic heterocycles. The van der Waals surface area contributed by atoms with Crippen molar-refractivity contribution >= 4 is 12.7 Å². The van der Waals surface area contributed by atoms with E-state index < -0.39 is 11.5 Å². The van der Waals surface area contributed by atoms with Gasteiger partial charge in [0.15, 0.2) is 0 Å². The lowest BCUT2D eigenvalue weighted by Crippen LogP contribution is -2.33. The minimum absolute atomic E-state index is 0.122. The second-order valence-corrected chi connectivity index (χ2v) is 8.41. The number of aliphatic imine (C=N–C) groups is 1. The summed E-state index contributed by atoms with van der Waals surface area (Å²) >= 11 is 0. The molecule has 7 heteroatoms. The number of carboxylic acids is 1. The second kappa shape index (κ2) is 9.34. The number of allylic oxidation sites excluding steroid dienone is 3. The van der Waals surface area contributed by atoms with E-state index in [4.69, 9.17) is 10.2 Å². The van der Waals surface area contributed by atoms with E-state index in [1.807, 2.05) is 37.3 Å². The molecule has 0 unspecified atom stereocenters. The minimum Gasteiger partial charge on any atom is -0.478 e. The van der Waals surface area contributed by atoms with Crippen molar-refractivity contribution in [3.63, 3.8) is 0 Å². The van der Waals surface area contributed by atoms with Crippen LogP contribution in [0.4, 0.5) is 0 Å². The van der Waals surface area contributed by atoms with E-state index in [1.165, 1.54) is 6.07 Å². The van der Waals surface area contributed by atoms with Crippen molar-refractivity contribution in [2.45, 2.75) is 38.3 Å². The molecule has 3 aromatic rings. The normalized spacial score (nSPS) is 15.0. The number of benzene rings is 2. The van der Waals surface area contributed by atoms with Gasteiger partial charge in [-0.1, -0.05) is 42.5 Å². The SMILES string of the molecule is C=NCc1ccccc1-c1cc(C(=O)O)cc(-c2nnc([C@](C)(N)CC3=CCCC=C3)o2)c1. The number of hydrogen-bond acceptors (Lipinski definition) is 6. The van der Waals surface area contributed by atoms with E-state index in [9.17, 15) is 9.90 Å². The molecule has 0 spiro atoms. The Morgan fingerprint density at radius 1 is 1.21 bits per heavy atom. The van der Waals surface area contributed by atoms with Crippen LogP contribution in [-0.2, 0) is 12.1 Å². The Morgan fingerprint density at radius 3 is 2.73 bits per heavy atom. The Balaban J connectivity index is 1.72. The van der Waals surface area contributed by atoms with E-state index in [2.05, 4.69) is 40.1 Å². The van der Waals surface area contributed by atoms with Crippen molar-refractivity contribution in [1.82, 2.24) is 10.2 Å².